The molecule has 1 aromatic heterocycles. The van der Waals surface area contributed by atoms with Crippen LogP contribution in [0, 0.1) is 0 Å². The van der Waals surface area contributed by atoms with E-state index >= 15 is 0 Å². The molecule has 0 saturated heterocycles. The van der Waals surface area contributed by atoms with E-state index in [1.54, 1.807) is 0 Å². The molecule has 1 atom stereocenters. The van der Waals surface area contributed by atoms with Gasteiger partial charge in [0.2, 0.25) is 0 Å². The molecule has 1 aliphatic heterocycles. The highest BCUT2D eigenvalue weighted by atomic mass is 16.1. The molecule has 0 spiro atoms. The summed E-state index contributed by atoms with van der Waals surface area (Å²) in [5, 5.41) is 3.93. The normalized spacial score (nSPS) is 17.4. The van der Waals surface area contributed by atoms with Crippen LogP contribution in [-0.2, 0) is 0 Å². The van der Waals surface area contributed by atoms with Crippen LogP contribution in [0.1, 0.15) is 23.6 Å². The van der Waals surface area contributed by atoms with Crippen molar-refractivity contribution < 1.29 is 0 Å². The summed E-state index contributed by atoms with van der Waals surface area (Å²) in [4.78, 5) is 18.4. The number of hydrogen-bond acceptors (Lipinski definition) is 2. The lowest BCUT2D eigenvalue weighted by Crippen LogP contribution is -2.37. The summed E-state index contributed by atoms with van der Waals surface area (Å²) in [6, 6.07) is 18.4. The van der Waals surface area contributed by atoms with Crippen LogP contribution in [0.5, 0.6) is 0 Å². The summed E-state index contributed by atoms with van der Waals surface area (Å²) in [5.74, 6) is 0. The van der Waals surface area contributed by atoms with Gasteiger partial charge in [0, 0.05) is 21.7 Å². The second kappa shape index (κ2) is 4.45. The lowest BCUT2D eigenvalue weighted by Gasteiger charge is -2.27. The van der Waals surface area contributed by atoms with Crippen molar-refractivity contribution in [3.63, 3.8) is 0 Å². The van der Waals surface area contributed by atoms with Gasteiger partial charge in [-0.1, -0.05) is 54.6 Å². The van der Waals surface area contributed by atoms with Gasteiger partial charge in [0.05, 0.1) is 11.7 Å². The van der Waals surface area contributed by atoms with Crippen molar-refractivity contribution in [2.75, 3.05) is 0 Å². The molecule has 2 aliphatic rings. The molecule has 0 fully saturated rings. The molecule has 118 valence electrons. The van der Waals surface area contributed by atoms with Gasteiger partial charge in [0.1, 0.15) is 5.49 Å². The Kier molecular flexibility index (Phi) is 2.34. The number of fused-ring (bicyclic) bond motifs is 3. The average molecular weight is 322 g/mol. The largest absolute Gasteiger partial charge is 0.268 e. The van der Waals surface area contributed by atoms with E-state index in [9.17, 15) is 4.79 Å². The van der Waals surface area contributed by atoms with E-state index in [1.807, 2.05) is 34.9 Å². The molecular formula is C22H14N2O. The molecule has 3 heteroatoms. The van der Waals surface area contributed by atoms with Gasteiger partial charge in [-0.15, -0.1) is 0 Å². The van der Waals surface area contributed by atoms with Gasteiger partial charge in [0.25, 0.3) is 5.56 Å². The molecule has 0 saturated carbocycles. The number of pyridine rings is 1. The molecule has 1 unspecified atom stereocenters. The highest BCUT2D eigenvalue weighted by molar-refractivity contribution is 6.09. The van der Waals surface area contributed by atoms with E-state index in [-0.39, 0.29) is 11.6 Å². The smallest absolute Gasteiger partial charge is 0.264 e. The first-order valence-corrected chi connectivity index (χ1v) is 8.57. The highest BCUT2D eigenvalue weighted by Gasteiger charge is 2.27. The first kappa shape index (κ1) is 13.1. The van der Waals surface area contributed by atoms with Crippen molar-refractivity contribution in [2.24, 2.45) is 4.99 Å². The van der Waals surface area contributed by atoms with Gasteiger partial charge in [-0.2, -0.15) is 0 Å². The van der Waals surface area contributed by atoms with Crippen molar-refractivity contribution in [3.05, 3.63) is 87.6 Å². The summed E-state index contributed by atoms with van der Waals surface area (Å²) in [6.07, 6.45) is 5.20. The Morgan fingerprint density at radius 2 is 1.76 bits per heavy atom. The average Bonchev–Trinajstić information content (AvgIpc) is 2.66. The van der Waals surface area contributed by atoms with Crippen LogP contribution < -0.4 is 11.0 Å². The van der Waals surface area contributed by atoms with Gasteiger partial charge in [-0.25, -0.2) is 0 Å². The van der Waals surface area contributed by atoms with E-state index in [0.29, 0.717) is 0 Å². The fourth-order valence-electron chi connectivity index (χ4n) is 4.37. The third-order valence-electron chi connectivity index (χ3n) is 5.42. The standard InChI is InChI=1S/C22H14N2O/c25-22-16-10-2-6-13-5-1-9-15(19(13)16)21-23-17-11-3-7-14-8-4-12-18(20(14)17)24(21)22/h1-10,12,17H,11H2. The Bertz CT molecular complexity index is 1340. The molecule has 25 heavy (non-hydrogen) atoms. The number of hydrogen-bond donors (Lipinski definition) is 0. The first-order valence-electron chi connectivity index (χ1n) is 8.57. The Hall–Kier alpha value is -3.20. The van der Waals surface area contributed by atoms with Crippen molar-refractivity contribution in [2.45, 2.75) is 12.5 Å². The molecule has 3 nitrogen and oxygen atoms in total. The fraction of sp³-hybridized carbons (Fsp3) is 0.0909. The van der Waals surface area contributed by atoms with E-state index in [2.05, 4.69) is 36.4 Å². The quantitative estimate of drug-likeness (QED) is 0.482. The van der Waals surface area contributed by atoms with Gasteiger partial charge >= 0.3 is 0 Å². The summed E-state index contributed by atoms with van der Waals surface area (Å²) in [6.45, 7) is 0. The van der Waals surface area contributed by atoms with E-state index in [4.69, 9.17) is 4.99 Å². The van der Waals surface area contributed by atoms with Crippen LogP contribution in [0.15, 0.2) is 70.5 Å². The van der Waals surface area contributed by atoms with Crippen molar-refractivity contribution >= 4 is 27.6 Å². The van der Waals surface area contributed by atoms with Crippen molar-refractivity contribution in [1.82, 2.24) is 4.57 Å². The number of aromatic nitrogens is 1. The Morgan fingerprint density at radius 3 is 2.64 bits per heavy atom. The van der Waals surface area contributed by atoms with Crippen molar-refractivity contribution in [1.29, 1.82) is 0 Å². The van der Waals surface area contributed by atoms with Crippen LogP contribution in [0.25, 0.3) is 33.3 Å². The Labute approximate surface area is 143 Å². The van der Waals surface area contributed by atoms with Crippen LogP contribution in [-0.4, -0.2) is 4.57 Å². The van der Waals surface area contributed by atoms with E-state index in [0.717, 1.165) is 39.1 Å². The van der Waals surface area contributed by atoms with Crippen LogP contribution >= 0.6 is 0 Å². The molecule has 3 aromatic carbocycles. The topological polar surface area (TPSA) is 34.4 Å². The van der Waals surface area contributed by atoms with Gasteiger partial charge < -0.3 is 0 Å². The molecular weight excluding hydrogens is 308 g/mol. The third kappa shape index (κ3) is 1.55. The number of rotatable bonds is 0. The zero-order valence-corrected chi connectivity index (χ0v) is 13.4. The van der Waals surface area contributed by atoms with E-state index in [1.165, 1.54) is 11.1 Å². The minimum Gasteiger partial charge on any atom is -0.268 e. The van der Waals surface area contributed by atoms with Crippen LogP contribution in [0.3, 0.4) is 0 Å². The van der Waals surface area contributed by atoms with E-state index < -0.39 is 0 Å². The lowest BCUT2D eigenvalue weighted by atomic mass is 9.90. The Morgan fingerprint density at radius 1 is 0.960 bits per heavy atom. The minimum absolute atomic E-state index is 0.0180. The summed E-state index contributed by atoms with van der Waals surface area (Å²) in [5.41, 5.74) is 4.13. The lowest BCUT2D eigenvalue weighted by molar-refractivity contribution is 0.658. The zero-order valence-electron chi connectivity index (χ0n) is 13.4. The second-order valence-corrected chi connectivity index (χ2v) is 6.74. The first-order chi connectivity index (χ1) is 12.3. The predicted molar refractivity (Wildman–Crippen MR) is 100 cm³/mol. The number of benzene rings is 3. The highest BCUT2D eigenvalue weighted by Crippen LogP contribution is 2.37. The zero-order chi connectivity index (χ0) is 16.5. The SMILES string of the molecule is O=c1c2cccc3cccc(c4n1-c1cccc5c1C(CC=C5)N=4)c32. The molecule has 0 amide bonds. The van der Waals surface area contributed by atoms with Crippen molar-refractivity contribution in [3.8, 4) is 5.69 Å². The molecule has 1 aliphatic carbocycles. The minimum atomic E-state index is 0.0180. The maximum atomic E-state index is 13.4. The molecule has 0 N–H and O–H groups in total. The summed E-state index contributed by atoms with van der Waals surface area (Å²) in [7, 11) is 0. The molecule has 0 bridgehead atoms. The van der Waals surface area contributed by atoms with Gasteiger partial charge in [0.15, 0.2) is 0 Å². The summed E-state index contributed by atoms with van der Waals surface area (Å²) < 4.78 is 1.81. The fourth-order valence-corrected chi connectivity index (χ4v) is 4.37. The summed E-state index contributed by atoms with van der Waals surface area (Å²) >= 11 is 0. The molecule has 0 radical (unpaired) electrons. The number of nitrogens with zero attached hydrogens (tertiary/aromatic N) is 2. The maximum absolute atomic E-state index is 13.4. The van der Waals surface area contributed by atoms with Crippen LogP contribution in [0.2, 0.25) is 0 Å². The van der Waals surface area contributed by atoms with Gasteiger partial charge in [-0.3, -0.25) is 14.4 Å². The second-order valence-electron chi connectivity index (χ2n) is 6.74. The molecule has 2 heterocycles. The van der Waals surface area contributed by atoms with Crippen LogP contribution in [0.4, 0.5) is 0 Å². The monoisotopic (exact) mass is 322 g/mol. The third-order valence-corrected chi connectivity index (χ3v) is 5.42. The molecule has 6 rings (SSSR count). The van der Waals surface area contributed by atoms with Gasteiger partial charge in [-0.05, 0) is 29.5 Å². The molecule has 4 aromatic rings. The Balaban J connectivity index is 1.92. The predicted octanol–water partition coefficient (Wildman–Crippen LogP) is 3.95. The maximum Gasteiger partial charge on any atom is 0.264 e.